The molecule has 2 heterocycles. The van der Waals surface area contributed by atoms with Crippen molar-refractivity contribution in [3.63, 3.8) is 0 Å². The first-order valence-corrected chi connectivity index (χ1v) is 10.9. The summed E-state index contributed by atoms with van der Waals surface area (Å²) in [6.07, 6.45) is 3.29. The number of urea groups is 1. The number of halogens is 1. The summed E-state index contributed by atoms with van der Waals surface area (Å²) in [6, 6.07) is 12.3. The van der Waals surface area contributed by atoms with Gasteiger partial charge < -0.3 is 15.3 Å². The first-order valence-electron chi connectivity index (χ1n) is 10.9. The molecule has 0 radical (unpaired) electrons. The largest absolute Gasteiger partial charge is 0.479 e. The van der Waals surface area contributed by atoms with E-state index >= 15 is 0 Å². The molecule has 0 saturated carbocycles. The number of benzene rings is 2. The Morgan fingerprint density at radius 3 is 2.32 bits per heavy atom. The van der Waals surface area contributed by atoms with Gasteiger partial charge in [0.25, 0.3) is 0 Å². The highest BCUT2D eigenvalue weighted by atomic mass is 19.1. The third-order valence-electron chi connectivity index (χ3n) is 6.56. The number of likely N-dealkylation sites (tertiary alicyclic amines) is 2. The summed E-state index contributed by atoms with van der Waals surface area (Å²) in [5, 5.41) is 12.8. The maximum atomic E-state index is 13.4. The number of rotatable bonds is 5. The van der Waals surface area contributed by atoms with E-state index in [1.165, 1.54) is 19.1 Å². The van der Waals surface area contributed by atoms with Crippen LogP contribution in [0.3, 0.4) is 0 Å². The van der Waals surface area contributed by atoms with Crippen molar-refractivity contribution in [2.45, 2.75) is 25.4 Å². The maximum absolute atomic E-state index is 13.4. The van der Waals surface area contributed by atoms with E-state index in [1.54, 1.807) is 19.1 Å². The molecular formula is C25H24FN3O5. The summed E-state index contributed by atoms with van der Waals surface area (Å²) in [5.74, 6) is -5.31. The quantitative estimate of drug-likeness (QED) is 0.660. The molecule has 2 aliphatic rings. The van der Waals surface area contributed by atoms with Crippen molar-refractivity contribution in [1.82, 2.24) is 9.80 Å². The Labute approximate surface area is 195 Å². The number of carbonyl (C=O) groups is 4. The molecule has 4 amide bonds. The number of carbonyl (C=O) groups excluding carboxylic acids is 3. The van der Waals surface area contributed by atoms with E-state index in [9.17, 15) is 28.7 Å². The fraction of sp³-hybridized carbons (Fsp3) is 0.280. The van der Waals surface area contributed by atoms with Gasteiger partial charge in [-0.1, -0.05) is 42.5 Å². The standard InChI is InChI=1S/C25H24FN3O5/c1-3-28-21(30)19-18(14-9-15-7-5-4-6-8-15)29(25(2,23(32)33)20(19)22(28)31)24(34)27-17-12-10-16(26)11-13-17/h4-14,18-20H,3H2,1-2H3,(H,27,34)(H,32,33). The minimum absolute atomic E-state index is 0.108. The third kappa shape index (κ3) is 3.63. The topological polar surface area (TPSA) is 107 Å². The Balaban J connectivity index is 1.80. The molecule has 0 spiro atoms. The zero-order valence-electron chi connectivity index (χ0n) is 18.6. The van der Waals surface area contributed by atoms with E-state index < -0.39 is 53.0 Å². The van der Waals surface area contributed by atoms with Gasteiger partial charge in [0.2, 0.25) is 11.8 Å². The van der Waals surface area contributed by atoms with Crippen molar-refractivity contribution < 1.29 is 28.7 Å². The molecule has 2 N–H and O–H groups in total. The van der Waals surface area contributed by atoms with Crippen LogP contribution in [0.5, 0.6) is 0 Å². The predicted molar refractivity (Wildman–Crippen MR) is 122 cm³/mol. The normalized spacial score (nSPS) is 26.3. The number of fused-ring (bicyclic) bond motifs is 1. The number of imide groups is 1. The van der Waals surface area contributed by atoms with Crippen molar-refractivity contribution in [2.24, 2.45) is 11.8 Å². The van der Waals surface area contributed by atoms with E-state index in [4.69, 9.17) is 0 Å². The summed E-state index contributed by atoms with van der Waals surface area (Å²) in [6.45, 7) is 3.04. The van der Waals surface area contributed by atoms with Gasteiger partial charge >= 0.3 is 12.0 Å². The van der Waals surface area contributed by atoms with E-state index in [1.807, 2.05) is 30.3 Å². The predicted octanol–water partition coefficient (Wildman–Crippen LogP) is 3.22. The summed E-state index contributed by atoms with van der Waals surface area (Å²) in [4.78, 5) is 54.4. The second-order valence-electron chi connectivity index (χ2n) is 8.44. The first-order chi connectivity index (χ1) is 16.2. The molecule has 2 fully saturated rings. The highest BCUT2D eigenvalue weighted by Crippen LogP contribution is 2.49. The monoisotopic (exact) mass is 465 g/mol. The number of hydrogen-bond donors (Lipinski definition) is 2. The summed E-state index contributed by atoms with van der Waals surface area (Å²) in [7, 11) is 0. The van der Waals surface area contributed by atoms with E-state index in [0.29, 0.717) is 0 Å². The molecule has 0 aliphatic carbocycles. The Hall–Kier alpha value is -4.01. The van der Waals surface area contributed by atoms with E-state index in [0.717, 1.165) is 27.5 Å². The molecular weight excluding hydrogens is 441 g/mol. The minimum Gasteiger partial charge on any atom is -0.479 e. The Kier molecular flexibility index (Phi) is 5.95. The van der Waals surface area contributed by atoms with Crippen LogP contribution in [0, 0.1) is 17.7 Å². The fourth-order valence-electron chi connectivity index (χ4n) is 4.90. The average Bonchev–Trinajstić information content (AvgIpc) is 3.24. The molecule has 4 rings (SSSR count). The van der Waals surface area contributed by atoms with Crippen LogP contribution in [0.25, 0.3) is 6.08 Å². The molecule has 2 aliphatic heterocycles. The number of hydrogen-bond acceptors (Lipinski definition) is 4. The van der Waals surface area contributed by atoms with Gasteiger partial charge in [-0.2, -0.15) is 0 Å². The minimum atomic E-state index is -1.99. The molecule has 0 aromatic heterocycles. The fourth-order valence-corrected chi connectivity index (χ4v) is 4.90. The highest BCUT2D eigenvalue weighted by Gasteiger charge is 2.70. The van der Waals surface area contributed by atoms with Crippen LogP contribution in [0.2, 0.25) is 0 Å². The summed E-state index contributed by atoms with van der Waals surface area (Å²) >= 11 is 0. The molecule has 176 valence electrons. The zero-order chi connectivity index (χ0) is 24.6. The lowest BCUT2D eigenvalue weighted by Gasteiger charge is -2.37. The van der Waals surface area contributed by atoms with Crippen molar-refractivity contribution >= 4 is 35.6 Å². The molecule has 34 heavy (non-hydrogen) atoms. The van der Waals surface area contributed by atoms with Gasteiger partial charge in [0.05, 0.1) is 17.9 Å². The van der Waals surface area contributed by atoms with Gasteiger partial charge in [0, 0.05) is 12.2 Å². The Morgan fingerprint density at radius 2 is 1.74 bits per heavy atom. The second-order valence-corrected chi connectivity index (χ2v) is 8.44. The number of carboxylic acid groups (broad SMARTS) is 1. The van der Waals surface area contributed by atoms with Gasteiger partial charge in [-0.05, 0) is 43.7 Å². The van der Waals surface area contributed by atoms with Crippen LogP contribution < -0.4 is 5.32 Å². The second kappa shape index (κ2) is 8.74. The number of anilines is 1. The van der Waals surface area contributed by atoms with Crippen molar-refractivity contribution in [3.05, 3.63) is 72.1 Å². The average molecular weight is 465 g/mol. The van der Waals surface area contributed by atoms with Crippen LogP contribution in [-0.4, -0.2) is 56.8 Å². The molecule has 4 atom stereocenters. The summed E-state index contributed by atoms with van der Waals surface area (Å²) < 4.78 is 13.3. The SMILES string of the molecule is CCN1C(=O)C2C(C=Cc3ccccc3)N(C(=O)Nc3ccc(F)cc3)C(C)(C(=O)O)C2C1=O. The van der Waals surface area contributed by atoms with Gasteiger partial charge in [-0.25, -0.2) is 14.0 Å². The number of nitrogens with one attached hydrogen (secondary N) is 1. The Bertz CT molecular complexity index is 1170. The van der Waals surface area contributed by atoms with Crippen LogP contribution in [0.15, 0.2) is 60.7 Å². The third-order valence-corrected chi connectivity index (χ3v) is 6.56. The van der Waals surface area contributed by atoms with Crippen LogP contribution >= 0.6 is 0 Å². The number of nitrogens with zero attached hydrogens (tertiary/aromatic N) is 2. The summed E-state index contributed by atoms with van der Waals surface area (Å²) in [5.41, 5.74) is -0.960. The zero-order valence-corrected chi connectivity index (χ0v) is 18.6. The smallest absolute Gasteiger partial charge is 0.330 e. The van der Waals surface area contributed by atoms with Crippen LogP contribution in [0.4, 0.5) is 14.9 Å². The molecule has 8 nitrogen and oxygen atoms in total. The lowest BCUT2D eigenvalue weighted by Crippen LogP contribution is -2.59. The molecule has 2 aromatic rings. The highest BCUT2D eigenvalue weighted by molar-refractivity contribution is 6.11. The van der Waals surface area contributed by atoms with Crippen molar-refractivity contribution in [2.75, 3.05) is 11.9 Å². The Morgan fingerprint density at radius 1 is 1.09 bits per heavy atom. The number of carboxylic acids is 1. The first kappa shape index (κ1) is 23.2. The molecule has 9 heteroatoms. The molecule has 4 unspecified atom stereocenters. The maximum Gasteiger partial charge on any atom is 0.330 e. The van der Waals surface area contributed by atoms with Gasteiger partial charge in [0.15, 0.2) is 5.54 Å². The molecule has 2 aromatic carbocycles. The van der Waals surface area contributed by atoms with E-state index in [2.05, 4.69) is 5.32 Å². The van der Waals surface area contributed by atoms with Crippen LogP contribution in [0.1, 0.15) is 19.4 Å². The van der Waals surface area contributed by atoms with Crippen molar-refractivity contribution in [1.29, 1.82) is 0 Å². The van der Waals surface area contributed by atoms with Gasteiger partial charge in [-0.15, -0.1) is 0 Å². The van der Waals surface area contributed by atoms with Gasteiger partial charge in [0.1, 0.15) is 5.82 Å². The van der Waals surface area contributed by atoms with Crippen LogP contribution in [-0.2, 0) is 14.4 Å². The van der Waals surface area contributed by atoms with E-state index in [-0.39, 0.29) is 12.2 Å². The van der Waals surface area contributed by atoms with Gasteiger partial charge in [-0.3, -0.25) is 14.5 Å². The lowest BCUT2D eigenvalue weighted by molar-refractivity contribution is -0.154. The lowest BCUT2D eigenvalue weighted by atomic mass is 9.81. The number of amides is 4. The molecule has 0 bridgehead atoms. The molecule has 2 saturated heterocycles. The number of aliphatic carboxylic acids is 1. The van der Waals surface area contributed by atoms with Crippen molar-refractivity contribution in [3.8, 4) is 0 Å².